The molecule has 3 nitrogen and oxygen atoms in total. The van der Waals surface area contributed by atoms with Crippen LogP contribution in [0.2, 0.25) is 0 Å². The summed E-state index contributed by atoms with van der Waals surface area (Å²) in [7, 11) is 0. The van der Waals surface area contributed by atoms with Crippen LogP contribution in [-0.2, 0) is 12.7 Å². The first-order chi connectivity index (χ1) is 13.8. The van der Waals surface area contributed by atoms with Crippen LogP contribution < -0.4 is 5.56 Å². The van der Waals surface area contributed by atoms with E-state index in [0.29, 0.717) is 11.5 Å². The van der Waals surface area contributed by atoms with Gasteiger partial charge in [-0.3, -0.25) is 9.36 Å². The second-order valence-corrected chi connectivity index (χ2v) is 6.52. The monoisotopic (exact) mass is 398 g/mol. The third-order valence-electron chi connectivity index (χ3n) is 4.57. The van der Waals surface area contributed by atoms with Gasteiger partial charge in [0.1, 0.15) is 11.6 Å². The third kappa shape index (κ3) is 3.63. The van der Waals surface area contributed by atoms with Gasteiger partial charge in [-0.1, -0.05) is 42.5 Å². The van der Waals surface area contributed by atoms with Gasteiger partial charge in [-0.05, 0) is 35.9 Å². The van der Waals surface area contributed by atoms with E-state index in [1.165, 1.54) is 4.57 Å². The predicted octanol–water partition coefficient (Wildman–Crippen LogP) is 5.27. The summed E-state index contributed by atoms with van der Waals surface area (Å²) in [6.45, 7) is 0.0293. The Labute approximate surface area is 162 Å². The smallest absolute Gasteiger partial charge is 0.288 e. The fourth-order valence-electron chi connectivity index (χ4n) is 3.23. The first-order valence-electron chi connectivity index (χ1n) is 8.75. The molecule has 0 bridgehead atoms. The maximum absolute atomic E-state index is 13.6. The SMILES string of the molecule is O=c1c2ccccc2nc(-c2ccc(F)cc2C(F)(F)F)n1Cc1ccccc1. The molecular weight excluding hydrogens is 384 g/mol. The highest BCUT2D eigenvalue weighted by Gasteiger charge is 2.35. The largest absolute Gasteiger partial charge is 0.417 e. The maximum atomic E-state index is 13.6. The average molecular weight is 398 g/mol. The summed E-state index contributed by atoms with van der Waals surface area (Å²) in [5, 5.41) is 0.294. The Balaban J connectivity index is 2.04. The molecule has 1 heterocycles. The average Bonchev–Trinajstić information content (AvgIpc) is 2.70. The Bertz CT molecular complexity index is 1250. The molecule has 0 unspecified atom stereocenters. The Morgan fingerprint density at radius 2 is 1.59 bits per heavy atom. The normalized spacial score (nSPS) is 11.7. The molecular formula is C22H14F4N2O. The van der Waals surface area contributed by atoms with Crippen molar-refractivity contribution in [2.24, 2.45) is 0 Å². The predicted molar refractivity (Wildman–Crippen MR) is 102 cm³/mol. The first kappa shape index (κ1) is 18.9. The van der Waals surface area contributed by atoms with Crippen LogP contribution in [-0.4, -0.2) is 9.55 Å². The van der Waals surface area contributed by atoms with Crippen molar-refractivity contribution in [1.29, 1.82) is 0 Å². The zero-order valence-corrected chi connectivity index (χ0v) is 14.9. The van der Waals surface area contributed by atoms with E-state index in [1.54, 1.807) is 54.6 Å². The summed E-state index contributed by atoms with van der Waals surface area (Å²) in [5.41, 5.74) is -0.996. The number of fused-ring (bicyclic) bond motifs is 1. The number of halogens is 4. The van der Waals surface area contributed by atoms with E-state index < -0.39 is 23.1 Å². The van der Waals surface area contributed by atoms with Gasteiger partial charge < -0.3 is 0 Å². The van der Waals surface area contributed by atoms with Crippen LogP contribution in [0.15, 0.2) is 77.6 Å². The highest BCUT2D eigenvalue weighted by atomic mass is 19.4. The van der Waals surface area contributed by atoms with Crippen LogP contribution in [0.3, 0.4) is 0 Å². The van der Waals surface area contributed by atoms with Crippen molar-refractivity contribution in [3.05, 3.63) is 100 Å². The molecule has 3 aromatic carbocycles. The molecule has 7 heteroatoms. The number of hydrogen-bond acceptors (Lipinski definition) is 2. The number of aromatic nitrogens is 2. The lowest BCUT2D eigenvalue weighted by Gasteiger charge is -2.18. The fourth-order valence-corrected chi connectivity index (χ4v) is 3.23. The number of nitrogens with zero attached hydrogens (tertiary/aromatic N) is 2. The number of para-hydroxylation sites is 1. The Kier molecular flexibility index (Phi) is 4.66. The van der Waals surface area contributed by atoms with Crippen molar-refractivity contribution >= 4 is 10.9 Å². The van der Waals surface area contributed by atoms with E-state index in [4.69, 9.17) is 0 Å². The van der Waals surface area contributed by atoms with Crippen LogP contribution >= 0.6 is 0 Å². The zero-order chi connectivity index (χ0) is 20.6. The van der Waals surface area contributed by atoms with Crippen molar-refractivity contribution in [3.8, 4) is 11.4 Å². The van der Waals surface area contributed by atoms with Gasteiger partial charge in [-0.2, -0.15) is 13.2 Å². The van der Waals surface area contributed by atoms with Gasteiger partial charge in [0.05, 0.1) is 23.0 Å². The van der Waals surface area contributed by atoms with Gasteiger partial charge in [0.2, 0.25) is 0 Å². The number of rotatable bonds is 3. The molecule has 0 atom stereocenters. The fraction of sp³-hybridized carbons (Fsp3) is 0.0909. The molecule has 4 aromatic rings. The van der Waals surface area contributed by atoms with E-state index >= 15 is 0 Å². The number of hydrogen-bond donors (Lipinski definition) is 0. The van der Waals surface area contributed by atoms with E-state index in [0.717, 1.165) is 17.7 Å². The third-order valence-corrected chi connectivity index (χ3v) is 4.57. The van der Waals surface area contributed by atoms with Gasteiger partial charge in [0, 0.05) is 5.56 Å². The van der Waals surface area contributed by atoms with Crippen molar-refractivity contribution in [2.45, 2.75) is 12.7 Å². The molecule has 146 valence electrons. The number of benzene rings is 3. The summed E-state index contributed by atoms with van der Waals surface area (Å²) in [5.74, 6) is -1.18. The molecule has 0 saturated heterocycles. The van der Waals surface area contributed by atoms with Crippen LogP contribution in [0.1, 0.15) is 11.1 Å². The van der Waals surface area contributed by atoms with E-state index in [-0.39, 0.29) is 23.4 Å². The van der Waals surface area contributed by atoms with Crippen LogP contribution in [0, 0.1) is 5.82 Å². The summed E-state index contributed by atoms with van der Waals surface area (Å²) >= 11 is 0. The van der Waals surface area contributed by atoms with Crippen LogP contribution in [0.25, 0.3) is 22.3 Å². The molecule has 0 spiro atoms. The minimum atomic E-state index is -4.81. The van der Waals surface area contributed by atoms with Crippen molar-refractivity contribution in [3.63, 3.8) is 0 Å². The molecule has 0 saturated carbocycles. The van der Waals surface area contributed by atoms with Gasteiger partial charge in [-0.15, -0.1) is 0 Å². The minimum Gasteiger partial charge on any atom is -0.288 e. The second-order valence-electron chi connectivity index (χ2n) is 6.52. The highest BCUT2D eigenvalue weighted by Crippen LogP contribution is 2.37. The lowest BCUT2D eigenvalue weighted by atomic mass is 10.0. The van der Waals surface area contributed by atoms with Gasteiger partial charge in [0.15, 0.2) is 0 Å². The summed E-state index contributed by atoms with van der Waals surface area (Å²) in [4.78, 5) is 17.5. The Hall–Kier alpha value is -3.48. The molecule has 29 heavy (non-hydrogen) atoms. The second kappa shape index (κ2) is 7.16. The van der Waals surface area contributed by atoms with Crippen molar-refractivity contribution in [2.75, 3.05) is 0 Å². The molecule has 0 N–H and O–H groups in total. The topological polar surface area (TPSA) is 34.9 Å². The van der Waals surface area contributed by atoms with E-state index in [9.17, 15) is 22.4 Å². The Morgan fingerprint density at radius 3 is 2.31 bits per heavy atom. The first-order valence-corrected chi connectivity index (χ1v) is 8.75. The van der Waals surface area contributed by atoms with E-state index in [2.05, 4.69) is 4.98 Å². The summed E-state index contributed by atoms with van der Waals surface area (Å²) < 4.78 is 55.6. The van der Waals surface area contributed by atoms with Crippen molar-refractivity contribution < 1.29 is 17.6 Å². The molecule has 1 aromatic heterocycles. The van der Waals surface area contributed by atoms with Gasteiger partial charge >= 0.3 is 6.18 Å². The van der Waals surface area contributed by atoms with Crippen LogP contribution in [0.5, 0.6) is 0 Å². The molecule has 0 amide bonds. The lowest BCUT2D eigenvalue weighted by molar-refractivity contribution is -0.137. The molecule has 4 rings (SSSR count). The molecule has 0 aliphatic rings. The minimum absolute atomic E-state index is 0.0293. The molecule has 0 aliphatic carbocycles. The van der Waals surface area contributed by atoms with E-state index in [1.807, 2.05) is 0 Å². The quantitative estimate of drug-likeness (QED) is 0.441. The van der Waals surface area contributed by atoms with Gasteiger partial charge in [0.25, 0.3) is 5.56 Å². The number of alkyl halides is 3. The summed E-state index contributed by atoms with van der Waals surface area (Å²) in [6.07, 6.45) is -4.81. The molecule has 0 aliphatic heterocycles. The standard InChI is InChI=1S/C22H14F4N2O/c23-15-10-11-16(18(12-15)22(24,25)26)20-27-19-9-5-4-8-17(19)21(29)28(20)13-14-6-2-1-3-7-14/h1-12H,13H2. The van der Waals surface area contributed by atoms with Gasteiger partial charge in [-0.25, -0.2) is 9.37 Å². The van der Waals surface area contributed by atoms with Crippen LogP contribution in [0.4, 0.5) is 17.6 Å². The zero-order valence-electron chi connectivity index (χ0n) is 14.9. The molecule has 0 radical (unpaired) electrons. The van der Waals surface area contributed by atoms with Crippen molar-refractivity contribution in [1.82, 2.24) is 9.55 Å². The molecule has 0 fully saturated rings. The highest BCUT2D eigenvalue weighted by molar-refractivity contribution is 5.80. The lowest BCUT2D eigenvalue weighted by Crippen LogP contribution is -2.25. The maximum Gasteiger partial charge on any atom is 0.417 e. The Morgan fingerprint density at radius 1 is 0.897 bits per heavy atom. The summed E-state index contributed by atoms with van der Waals surface area (Å²) in [6, 6.07) is 17.7.